The van der Waals surface area contributed by atoms with Crippen LogP contribution in [0.4, 0.5) is 0 Å². The number of rotatable bonds is 3. The number of amidine groups is 1. The van der Waals surface area contributed by atoms with Crippen LogP contribution in [-0.2, 0) is 4.79 Å². The van der Waals surface area contributed by atoms with Crippen molar-refractivity contribution in [2.24, 2.45) is 28.6 Å². The van der Waals surface area contributed by atoms with Crippen molar-refractivity contribution < 1.29 is 10.0 Å². The molecule has 3 atom stereocenters. The molecule has 2 aliphatic carbocycles. The molecule has 2 fully saturated rings. The van der Waals surface area contributed by atoms with E-state index in [-0.39, 0.29) is 24.2 Å². The second kappa shape index (κ2) is 4.31. The van der Waals surface area contributed by atoms with Crippen LogP contribution in [0, 0.1) is 17.8 Å². The van der Waals surface area contributed by atoms with Crippen LogP contribution >= 0.6 is 0 Å². The van der Waals surface area contributed by atoms with E-state index < -0.39 is 0 Å². The maximum absolute atomic E-state index is 12.1. The summed E-state index contributed by atoms with van der Waals surface area (Å²) in [4.78, 5) is 13.7. The smallest absolute Gasteiger partial charge is 0.226 e. The summed E-state index contributed by atoms with van der Waals surface area (Å²) in [6, 6.07) is 0. The summed E-state index contributed by atoms with van der Waals surface area (Å²) in [5.41, 5.74) is 5.39. The number of carbonyl (C=O) groups excluding carboxylic acids is 1. The number of nitrogens with zero attached hydrogens (tertiary/aromatic N) is 2. The van der Waals surface area contributed by atoms with E-state index in [4.69, 9.17) is 10.9 Å². The SMILES string of the molecule is CN(CC(N)=NO)C(=O)C1CC2CCC1C2. The quantitative estimate of drug-likeness (QED) is 0.320. The Kier molecular flexibility index (Phi) is 3.03. The second-order valence-corrected chi connectivity index (χ2v) is 5.07. The molecule has 0 radical (unpaired) electrons. The summed E-state index contributed by atoms with van der Waals surface area (Å²) < 4.78 is 0. The average Bonchev–Trinajstić information content (AvgIpc) is 2.89. The van der Waals surface area contributed by atoms with E-state index in [0.29, 0.717) is 5.92 Å². The Morgan fingerprint density at radius 2 is 2.25 bits per heavy atom. The van der Waals surface area contributed by atoms with Gasteiger partial charge in [-0.2, -0.15) is 0 Å². The Bertz CT molecular complexity index is 316. The minimum Gasteiger partial charge on any atom is -0.409 e. The molecule has 0 saturated heterocycles. The lowest BCUT2D eigenvalue weighted by Gasteiger charge is -2.26. The Balaban J connectivity index is 1.92. The minimum atomic E-state index is 0.0824. The number of oxime groups is 1. The molecule has 0 aromatic rings. The summed E-state index contributed by atoms with van der Waals surface area (Å²) in [7, 11) is 1.71. The first-order valence-electron chi connectivity index (χ1n) is 5.83. The topological polar surface area (TPSA) is 78.9 Å². The third kappa shape index (κ3) is 1.99. The minimum absolute atomic E-state index is 0.0824. The molecule has 0 spiro atoms. The fourth-order valence-corrected chi connectivity index (χ4v) is 3.18. The number of likely N-dealkylation sites (N-methyl/N-ethyl adjacent to an activating group) is 1. The zero-order chi connectivity index (χ0) is 11.7. The Morgan fingerprint density at radius 1 is 1.50 bits per heavy atom. The monoisotopic (exact) mass is 225 g/mol. The van der Waals surface area contributed by atoms with Crippen LogP contribution in [0.2, 0.25) is 0 Å². The molecule has 3 N–H and O–H groups in total. The van der Waals surface area contributed by atoms with Gasteiger partial charge in [-0.3, -0.25) is 4.79 Å². The molecular weight excluding hydrogens is 206 g/mol. The summed E-state index contributed by atoms with van der Waals surface area (Å²) in [5, 5.41) is 11.3. The average molecular weight is 225 g/mol. The van der Waals surface area contributed by atoms with Crippen molar-refractivity contribution in [3.63, 3.8) is 0 Å². The standard InChI is InChI=1S/C11H19N3O2/c1-14(6-10(12)13-16)11(15)9-5-7-2-3-8(9)4-7/h7-9,16H,2-6H2,1H3,(H2,12,13). The van der Waals surface area contributed by atoms with Gasteiger partial charge in [0.15, 0.2) is 5.84 Å². The number of amides is 1. The van der Waals surface area contributed by atoms with E-state index in [1.54, 1.807) is 11.9 Å². The van der Waals surface area contributed by atoms with Crippen LogP contribution in [-0.4, -0.2) is 35.4 Å². The van der Waals surface area contributed by atoms with Gasteiger partial charge in [0, 0.05) is 13.0 Å². The number of carbonyl (C=O) groups is 1. The normalized spacial score (nSPS) is 33.1. The number of fused-ring (bicyclic) bond motifs is 2. The second-order valence-electron chi connectivity index (χ2n) is 5.07. The summed E-state index contributed by atoms with van der Waals surface area (Å²) >= 11 is 0. The van der Waals surface area contributed by atoms with Gasteiger partial charge < -0.3 is 15.8 Å². The van der Waals surface area contributed by atoms with Crippen molar-refractivity contribution in [3.8, 4) is 0 Å². The molecule has 5 nitrogen and oxygen atoms in total. The molecule has 0 heterocycles. The highest BCUT2D eigenvalue weighted by atomic mass is 16.4. The molecule has 2 aliphatic rings. The van der Waals surface area contributed by atoms with Crippen LogP contribution in [0.3, 0.4) is 0 Å². The van der Waals surface area contributed by atoms with Gasteiger partial charge >= 0.3 is 0 Å². The maximum atomic E-state index is 12.1. The van der Waals surface area contributed by atoms with Gasteiger partial charge in [0.1, 0.15) is 0 Å². The molecule has 2 saturated carbocycles. The largest absolute Gasteiger partial charge is 0.409 e. The molecular formula is C11H19N3O2. The molecule has 0 aromatic carbocycles. The van der Waals surface area contributed by atoms with Crippen LogP contribution in [0.5, 0.6) is 0 Å². The predicted molar refractivity (Wildman–Crippen MR) is 60.0 cm³/mol. The first-order valence-corrected chi connectivity index (χ1v) is 5.83. The fraction of sp³-hybridized carbons (Fsp3) is 0.818. The molecule has 5 heteroatoms. The lowest BCUT2D eigenvalue weighted by Crippen LogP contribution is -2.40. The van der Waals surface area contributed by atoms with Crippen LogP contribution in [0.1, 0.15) is 25.7 Å². The van der Waals surface area contributed by atoms with Gasteiger partial charge in [-0.1, -0.05) is 11.6 Å². The van der Waals surface area contributed by atoms with Crippen molar-refractivity contribution >= 4 is 11.7 Å². The molecule has 90 valence electrons. The predicted octanol–water partition coefficient (Wildman–Crippen LogP) is 0.627. The van der Waals surface area contributed by atoms with Crippen molar-refractivity contribution in [2.75, 3.05) is 13.6 Å². The van der Waals surface area contributed by atoms with Crippen molar-refractivity contribution in [1.82, 2.24) is 4.90 Å². The Labute approximate surface area is 95.3 Å². The summed E-state index contributed by atoms with van der Waals surface area (Å²) in [6.45, 7) is 0.212. The first-order chi connectivity index (χ1) is 7.61. The number of hydrogen-bond donors (Lipinski definition) is 2. The number of nitrogens with two attached hydrogens (primary N) is 1. The summed E-state index contributed by atoms with van der Waals surface area (Å²) in [6.07, 6.45) is 4.73. The highest BCUT2D eigenvalue weighted by Gasteiger charge is 2.43. The Morgan fingerprint density at radius 3 is 2.75 bits per heavy atom. The van der Waals surface area contributed by atoms with Crippen molar-refractivity contribution in [1.29, 1.82) is 0 Å². The molecule has 16 heavy (non-hydrogen) atoms. The molecule has 0 aliphatic heterocycles. The van der Waals surface area contributed by atoms with Gasteiger partial charge in [0.2, 0.25) is 5.91 Å². The molecule has 2 rings (SSSR count). The van der Waals surface area contributed by atoms with E-state index in [0.717, 1.165) is 12.3 Å². The van der Waals surface area contributed by atoms with E-state index in [1.807, 2.05) is 0 Å². The van der Waals surface area contributed by atoms with Crippen molar-refractivity contribution in [2.45, 2.75) is 25.7 Å². The van der Waals surface area contributed by atoms with E-state index in [9.17, 15) is 4.79 Å². The van der Waals surface area contributed by atoms with Crippen molar-refractivity contribution in [3.05, 3.63) is 0 Å². The van der Waals surface area contributed by atoms with Gasteiger partial charge in [0.25, 0.3) is 0 Å². The number of hydrogen-bond acceptors (Lipinski definition) is 3. The van der Waals surface area contributed by atoms with Crippen LogP contribution in [0.25, 0.3) is 0 Å². The lowest BCUT2D eigenvalue weighted by atomic mass is 9.88. The maximum Gasteiger partial charge on any atom is 0.226 e. The molecule has 0 aromatic heterocycles. The highest BCUT2D eigenvalue weighted by Crippen LogP contribution is 2.48. The van der Waals surface area contributed by atoms with Crippen LogP contribution in [0.15, 0.2) is 5.16 Å². The van der Waals surface area contributed by atoms with Crippen LogP contribution < -0.4 is 5.73 Å². The zero-order valence-corrected chi connectivity index (χ0v) is 9.59. The first kappa shape index (κ1) is 11.2. The third-order valence-electron chi connectivity index (χ3n) is 3.96. The van der Waals surface area contributed by atoms with Gasteiger partial charge in [0.05, 0.1) is 6.54 Å². The molecule has 3 unspecified atom stereocenters. The highest BCUT2D eigenvalue weighted by molar-refractivity contribution is 5.87. The Hall–Kier alpha value is -1.26. The van der Waals surface area contributed by atoms with Gasteiger partial charge in [-0.05, 0) is 31.1 Å². The lowest BCUT2D eigenvalue weighted by molar-refractivity contribution is -0.135. The summed E-state index contributed by atoms with van der Waals surface area (Å²) in [5.74, 6) is 1.75. The molecule has 2 bridgehead atoms. The van der Waals surface area contributed by atoms with E-state index in [2.05, 4.69) is 5.16 Å². The van der Waals surface area contributed by atoms with Gasteiger partial charge in [-0.25, -0.2) is 0 Å². The van der Waals surface area contributed by atoms with E-state index >= 15 is 0 Å². The van der Waals surface area contributed by atoms with E-state index in [1.165, 1.54) is 19.3 Å². The molecule has 1 amide bonds. The fourth-order valence-electron chi connectivity index (χ4n) is 3.18. The van der Waals surface area contributed by atoms with Gasteiger partial charge in [-0.15, -0.1) is 0 Å². The zero-order valence-electron chi connectivity index (χ0n) is 9.59. The third-order valence-corrected chi connectivity index (χ3v) is 3.96.